The van der Waals surface area contributed by atoms with E-state index < -0.39 is 0 Å². The Balaban J connectivity index is 2.88. The van der Waals surface area contributed by atoms with Crippen LogP contribution in [0.3, 0.4) is 0 Å². The molecule has 0 radical (unpaired) electrons. The monoisotopic (exact) mass is 204 g/mol. The van der Waals surface area contributed by atoms with E-state index in [0.717, 1.165) is 24.0 Å². The van der Waals surface area contributed by atoms with E-state index in [4.69, 9.17) is 4.74 Å². The van der Waals surface area contributed by atoms with Crippen molar-refractivity contribution in [1.82, 2.24) is 0 Å². The fourth-order valence-electron chi connectivity index (χ4n) is 1.38. The summed E-state index contributed by atoms with van der Waals surface area (Å²) in [6, 6.07) is 9.80. The third-order valence-corrected chi connectivity index (χ3v) is 2.11. The topological polar surface area (TPSA) is 26.3 Å². The summed E-state index contributed by atoms with van der Waals surface area (Å²) < 4.78 is 4.73. The van der Waals surface area contributed by atoms with Gasteiger partial charge in [-0.1, -0.05) is 43.7 Å². The molecule has 1 aromatic carbocycles. The average Bonchev–Trinajstić information content (AvgIpc) is 2.29. The lowest BCUT2D eigenvalue weighted by atomic mass is 10.1. The zero-order valence-corrected chi connectivity index (χ0v) is 9.19. The molecular weight excluding hydrogens is 188 g/mol. The van der Waals surface area contributed by atoms with Gasteiger partial charge in [-0.25, -0.2) is 4.79 Å². The van der Waals surface area contributed by atoms with Crippen LogP contribution in [-0.4, -0.2) is 13.1 Å². The molecule has 80 valence electrons. The summed E-state index contributed by atoms with van der Waals surface area (Å²) >= 11 is 0. The van der Waals surface area contributed by atoms with Crippen LogP contribution < -0.4 is 0 Å². The molecular formula is C13H16O2. The summed E-state index contributed by atoms with van der Waals surface area (Å²) in [5, 5.41) is 0. The quantitative estimate of drug-likeness (QED) is 0.556. The van der Waals surface area contributed by atoms with Gasteiger partial charge in [-0.3, -0.25) is 0 Å². The molecule has 0 amide bonds. The standard InChI is InChI=1S/C13H16O2/c1-3-7-12(13(14)15-2)10-11-8-5-4-6-9-11/h4-6,8-10H,3,7H2,1-2H3/b12-10+. The fourth-order valence-corrected chi connectivity index (χ4v) is 1.38. The Kier molecular flexibility index (Phi) is 4.61. The van der Waals surface area contributed by atoms with Gasteiger partial charge in [0.1, 0.15) is 0 Å². The first-order valence-electron chi connectivity index (χ1n) is 5.12. The molecule has 0 unspecified atom stereocenters. The summed E-state index contributed by atoms with van der Waals surface area (Å²) in [6.45, 7) is 2.04. The lowest BCUT2D eigenvalue weighted by Crippen LogP contribution is -2.04. The van der Waals surface area contributed by atoms with Gasteiger partial charge >= 0.3 is 5.97 Å². The second-order valence-corrected chi connectivity index (χ2v) is 3.32. The molecule has 1 aromatic rings. The minimum Gasteiger partial charge on any atom is -0.466 e. The van der Waals surface area contributed by atoms with Crippen molar-refractivity contribution in [3.63, 3.8) is 0 Å². The molecule has 0 aliphatic heterocycles. The molecule has 0 saturated carbocycles. The molecule has 2 nitrogen and oxygen atoms in total. The maximum absolute atomic E-state index is 11.4. The number of carbonyl (C=O) groups is 1. The number of rotatable bonds is 4. The van der Waals surface area contributed by atoms with Gasteiger partial charge < -0.3 is 4.74 Å². The Hall–Kier alpha value is -1.57. The number of hydrogen-bond acceptors (Lipinski definition) is 2. The highest BCUT2D eigenvalue weighted by Crippen LogP contribution is 2.12. The van der Waals surface area contributed by atoms with Gasteiger partial charge in [-0.05, 0) is 18.1 Å². The van der Waals surface area contributed by atoms with Crippen LogP contribution in [0.1, 0.15) is 25.3 Å². The van der Waals surface area contributed by atoms with E-state index in [2.05, 4.69) is 0 Å². The van der Waals surface area contributed by atoms with Gasteiger partial charge in [-0.15, -0.1) is 0 Å². The van der Waals surface area contributed by atoms with E-state index in [1.165, 1.54) is 7.11 Å². The van der Waals surface area contributed by atoms with E-state index in [1.54, 1.807) is 0 Å². The van der Waals surface area contributed by atoms with Gasteiger partial charge in [0, 0.05) is 5.57 Å². The van der Waals surface area contributed by atoms with Crippen molar-refractivity contribution >= 4 is 12.0 Å². The summed E-state index contributed by atoms with van der Waals surface area (Å²) in [7, 11) is 1.41. The van der Waals surface area contributed by atoms with Crippen molar-refractivity contribution in [1.29, 1.82) is 0 Å². The second kappa shape index (κ2) is 6.02. The minimum atomic E-state index is -0.235. The van der Waals surface area contributed by atoms with E-state index in [0.29, 0.717) is 0 Å². The second-order valence-electron chi connectivity index (χ2n) is 3.32. The van der Waals surface area contributed by atoms with Crippen molar-refractivity contribution < 1.29 is 9.53 Å². The number of benzene rings is 1. The molecule has 1 rings (SSSR count). The number of hydrogen-bond donors (Lipinski definition) is 0. The smallest absolute Gasteiger partial charge is 0.333 e. The van der Waals surface area contributed by atoms with Crippen molar-refractivity contribution in [3.8, 4) is 0 Å². The van der Waals surface area contributed by atoms with Gasteiger partial charge in [0.15, 0.2) is 0 Å². The summed E-state index contributed by atoms with van der Waals surface area (Å²) in [4.78, 5) is 11.4. The molecule has 0 heterocycles. The SMILES string of the molecule is CCC/C(=C\c1ccccc1)C(=O)OC. The van der Waals surface area contributed by atoms with Crippen molar-refractivity contribution in [3.05, 3.63) is 41.5 Å². The zero-order chi connectivity index (χ0) is 11.1. The fraction of sp³-hybridized carbons (Fsp3) is 0.308. The number of methoxy groups -OCH3 is 1. The molecule has 0 aliphatic carbocycles. The highest BCUT2D eigenvalue weighted by molar-refractivity contribution is 5.93. The lowest BCUT2D eigenvalue weighted by molar-refractivity contribution is -0.136. The molecule has 15 heavy (non-hydrogen) atoms. The highest BCUT2D eigenvalue weighted by atomic mass is 16.5. The van der Waals surface area contributed by atoms with E-state index in [1.807, 2.05) is 43.3 Å². The van der Waals surface area contributed by atoms with Crippen molar-refractivity contribution in [2.24, 2.45) is 0 Å². The molecule has 0 fully saturated rings. The van der Waals surface area contributed by atoms with Crippen LogP contribution in [0, 0.1) is 0 Å². The summed E-state index contributed by atoms with van der Waals surface area (Å²) in [5.41, 5.74) is 1.76. The Morgan fingerprint density at radius 3 is 2.53 bits per heavy atom. The third kappa shape index (κ3) is 3.58. The minimum absolute atomic E-state index is 0.235. The number of esters is 1. The van der Waals surface area contributed by atoms with Crippen LogP contribution in [0.2, 0.25) is 0 Å². The third-order valence-electron chi connectivity index (χ3n) is 2.11. The maximum Gasteiger partial charge on any atom is 0.333 e. The normalized spacial score (nSPS) is 11.2. The molecule has 0 bridgehead atoms. The summed E-state index contributed by atoms with van der Waals surface area (Å²) in [6.07, 6.45) is 3.57. The predicted octanol–water partition coefficient (Wildman–Crippen LogP) is 3.04. The van der Waals surface area contributed by atoms with Crippen LogP contribution in [0.25, 0.3) is 6.08 Å². The Morgan fingerprint density at radius 1 is 1.33 bits per heavy atom. The van der Waals surface area contributed by atoms with Crippen LogP contribution >= 0.6 is 0 Å². The van der Waals surface area contributed by atoms with Gasteiger partial charge in [-0.2, -0.15) is 0 Å². The molecule has 0 aliphatic rings. The lowest BCUT2D eigenvalue weighted by Gasteiger charge is -2.03. The van der Waals surface area contributed by atoms with E-state index >= 15 is 0 Å². The Morgan fingerprint density at radius 2 is 2.00 bits per heavy atom. The first kappa shape index (κ1) is 11.5. The molecule has 0 N–H and O–H groups in total. The largest absolute Gasteiger partial charge is 0.466 e. The van der Waals surface area contributed by atoms with Crippen LogP contribution in [-0.2, 0) is 9.53 Å². The number of ether oxygens (including phenoxy) is 1. The van der Waals surface area contributed by atoms with Gasteiger partial charge in [0.05, 0.1) is 7.11 Å². The zero-order valence-electron chi connectivity index (χ0n) is 9.19. The van der Waals surface area contributed by atoms with Crippen LogP contribution in [0.15, 0.2) is 35.9 Å². The first-order chi connectivity index (χ1) is 7.27. The molecule has 0 spiro atoms. The maximum atomic E-state index is 11.4. The first-order valence-corrected chi connectivity index (χ1v) is 5.12. The highest BCUT2D eigenvalue weighted by Gasteiger charge is 2.07. The van der Waals surface area contributed by atoms with Gasteiger partial charge in [0.25, 0.3) is 0 Å². The van der Waals surface area contributed by atoms with Crippen LogP contribution in [0.4, 0.5) is 0 Å². The summed E-state index contributed by atoms with van der Waals surface area (Å²) in [5.74, 6) is -0.235. The Labute approximate surface area is 90.6 Å². The molecule has 2 heteroatoms. The number of carbonyl (C=O) groups excluding carboxylic acids is 1. The molecule has 0 atom stereocenters. The average molecular weight is 204 g/mol. The predicted molar refractivity (Wildman–Crippen MR) is 61.3 cm³/mol. The van der Waals surface area contributed by atoms with Crippen molar-refractivity contribution in [2.75, 3.05) is 7.11 Å². The molecule has 0 saturated heterocycles. The molecule has 0 aromatic heterocycles. The van der Waals surface area contributed by atoms with E-state index in [-0.39, 0.29) is 5.97 Å². The van der Waals surface area contributed by atoms with Crippen molar-refractivity contribution in [2.45, 2.75) is 19.8 Å². The van der Waals surface area contributed by atoms with E-state index in [9.17, 15) is 4.79 Å². The van der Waals surface area contributed by atoms with Crippen LogP contribution in [0.5, 0.6) is 0 Å². The van der Waals surface area contributed by atoms with Gasteiger partial charge in [0.2, 0.25) is 0 Å². The Bertz CT molecular complexity index is 339.